The maximum absolute atomic E-state index is 15.5. The predicted molar refractivity (Wildman–Crippen MR) is 210 cm³/mol. The summed E-state index contributed by atoms with van der Waals surface area (Å²) in [6.45, 7) is -0.575. The number of benzene rings is 1. The number of halogens is 59. The van der Waals surface area contributed by atoms with Crippen molar-refractivity contribution < 1.29 is 316 Å². The molecule has 4 N–H and O–H groups in total. The van der Waals surface area contributed by atoms with Gasteiger partial charge in [-0.15, -0.1) is 0 Å². The molecule has 9 atom stereocenters. The molecule has 0 bridgehead atoms. The van der Waals surface area contributed by atoms with E-state index >= 15 is 65.9 Å². The van der Waals surface area contributed by atoms with E-state index in [1.807, 2.05) is 4.74 Å². The first-order valence-corrected chi connectivity index (χ1v) is 24.3. The Kier molecular flexibility index (Phi) is 27.3. The van der Waals surface area contributed by atoms with Crippen LogP contribution in [0.15, 0.2) is 24.3 Å². The van der Waals surface area contributed by atoms with E-state index in [2.05, 4.69) is 4.76 Å². The van der Waals surface area contributed by atoms with E-state index in [1.54, 1.807) is 0 Å². The highest BCUT2D eigenvalue weighted by molar-refractivity contribution is 6.59. The molecule has 1 amide bonds. The molecule has 0 spiro atoms. The predicted octanol–water partition coefficient (Wildman–Crippen LogP) is 17.0. The lowest BCUT2D eigenvalue weighted by Gasteiger charge is -2.46. The van der Waals surface area contributed by atoms with E-state index < -0.39 is 237 Å². The molecule has 0 heterocycles. The number of hydrogen-bond donors (Lipinski definition) is 3. The van der Waals surface area contributed by atoms with Crippen molar-refractivity contribution in [3.05, 3.63) is 29.8 Å². The summed E-state index contributed by atoms with van der Waals surface area (Å²) in [7, 11) is -2.86. The molecule has 0 radical (unpaired) electrons. The highest BCUT2D eigenvalue weighted by Crippen LogP contribution is 2.67. The van der Waals surface area contributed by atoms with Crippen LogP contribution in [0.2, 0.25) is 0 Å². The van der Waals surface area contributed by atoms with Gasteiger partial charge in [0.15, 0.2) is 0 Å². The second-order valence-electron chi connectivity index (χ2n) is 19.6. The molecule has 1 rings (SSSR count). The summed E-state index contributed by atoms with van der Waals surface area (Å²) in [6, 6.07) is -2.58. The molecule has 0 aromatic heterocycles. The number of amides is 1. The minimum atomic E-state index is -10.5. The molecule has 662 valence electrons. The van der Waals surface area contributed by atoms with Crippen LogP contribution in [0.1, 0.15) is 12.0 Å². The van der Waals surface area contributed by atoms with Crippen LogP contribution in [0.4, 0.5) is 259 Å². The van der Waals surface area contributed by atoms with Crippen LogP contribution >= 0.6 is 0 Å². The Labute approximate surface area is 565 Å². The average Bonchev–Trinajstić information content (AvgIpc) is 0.705. The number of carbonyl (C=O) groups is 1. The van der Waals surface area contributed by atoms with Gasteiger partial charge in [-0.3, -0.25) is 52.2 Å². The summed E-state index contributed by atoms with van der Waals surface area (Å²) in [5, 5.41) is 9.76. The average molecular weight is 1820 g/mol. The largest absolute Gasteiger partial charge is 0.514 e. The van der Waals surface area contributed by atoms with Gasteiger partial charge in [0.25, 0.3) is 0 Å². The lowest BCUT2D eigenvalue weighted by Crippen LogP contribution is -2.74. The fourth-order valence-corrected chi connectivity index (χ4v) is 6.12. The number of nitrogens with two attached hydrogens (primary N) is 1. The summed E-state index contributed by atoms with van der Waals surface area (Å²) in [6.07, 6.45) is -184. The summed E-state index contributed by atoms with van der Waals surface area (Å²) in [5.74, 6) is -98.5. The molecular weight excluding hydrogens is 1810 g/mol. The second-order valence-corrected chi connectivity index (χ2v) is 19.6. The molecule has 9 unspecified atom stereocenters. The summed E-state index contributed by atoms with van der Waals surface area (Å²) >= 11 is 0. The van der Waals surface area contributed by atoms with Crippen molar-refractivity contribution in [2.24, 2.45) is 5.73 Å². The fourth-order valence-electron chi connectivity index (χ4n) is 6.12. The number of hydroxylamine groups is 1. The van der Waals surface area contributed by atoms with Crippen LogP contribution in [0.5, 0.6) is 0 Å². The highest BCUT2D eigenvalue weighted by Gasteiger charge is 2.95. The molecule has 112 heavy (non-hydrogen) atoms. The zero-order chi connectivity index (χ0) is 90.8. The van der Waals surface area contributed by atoms with Crippen molar-refractivity contribution in [3.8, 4) is 0 Å². The Hall–Kier alpha value is -5.86. The number of hydrogen-bond acceptors (Lipinski definition) is 13. The molecule has 0 aliphatic rings. The summed E-state index contributed by atoms with van der Waals surface area (Å²) in [4.78, 5) is 11.4. The van der Waals surface area contributed by atoms with Gasteiger partial charge in [-0.05, 0) is 5.46 Å². The molecule has 74 heteroatoms. The van der Waals surface area contributed by atoms with Crippen LogP contribution in [0, 0.1) is 0 Å². The van der Waals surface area contributed by atoms with E-state index in [0.29, 0.717) is 33.2 Å². The molecule has 0 aliphatic carbocycles. The van der Waals surface area contributed by atoms with E-state index in [9.17, 15) is 203 Å². The zero-order valence-corrected chi connectivity index (χ0v) is 48.6. The SMILES string of the molecule is NCCC(=O)NOB(O)c1ccc(C(F)(OC(F)(F)C(F)(OC(F)(F)C(F)(OC(F)(F)C(F)(OC(F)(F)C(F)(OC(F)(F)C(F)(OC(F)(F)C(F)(OC(F)(F)C(F)(OC(F)(F)C(F)(OC(F)(F)C(F)(F)C(F)(F)F)C(F)(F)F)C(F)(F)F)C(F)(F)F)C(F)(F)F)C(F)(F)F)C(F)(F)F)C(F)(F)F)C(F)(F)F)C(F)(F)F)cc1. The molecular formula is C38H12BF59N2O12. The van der Waals surface area contributed by atoms with Crippen molar-refractivity contribution in [2.75, 3.05) is 6.54 Å². The molecule has 1 aromatic carbocycles. The Balaban J connectivity index is 4.49. The molecule has 0 aliphatic heterocycles. The monoisotopic (exact) mass is 1820 g/mol. The summed E-state index contributed by atoms with van der Waals surface area (Å²) in [5.41, 5.74) is 1.74. The zero-order valence-electron chi connectivity index (χ0n) is 48.6. The number of nitrogens with one attached hydrogen (secondary N) is 1. The standard InChI is InChI=1S/C38H12BF59N2O12/c40-10(20(51,52)53,7-1-3-8(4-2-7)39(102)112-100-9(101)5-6-99)103-31(83,84)12(43,22(57,58)59)105-33(87,88)14(45,24(63,64)65)107-35(91,92)16(47,26(69,70)71)109-37(95,96)18(49,28(75,76)77)111-38(97,98)19(50,29(78,79)80)110-36(93,94)17(48,27(72,73)74)108-34(89,90)15(46,25(66,67)68)106-32(85,86)13(44,23(60,61)62)104-30(81,82)11(41,42)21(54,55)56/h1-4,102H,5-6,99H2,(H,100,101). The van der Waals surface area contributed by atoms with E-state index in [0.717, 1.165) is 4.74 Å². The number of alkyl halides is 59. The van der Waals surface area contributed by atoms with Crippen molar-refractivity contribution >= 4 is 18.5 Å². The van der Waals surface area contributed by atoms with Crippen molar-refractivity contribution in [1.29, 1.82) is 0 Å². The third-order valence-electron chi connectivity index (χ3n) is 11.6. The first-order chi connectivity index (χ1) is 48.0. The van der Waals surface area contributed by atoms with Crippen molar-refractivity contribution in [1.82, 2.24) is 5.48 Å². The molecule has 1 aromatic rings. The minimum absolute atomic E-state index is 0.358. The van der Waals surface area contributed by atoms with Gasteiger partial charge in [-0.1, -0.05) is 24.3 Å². The Morgan fingerprint density at radius 2 is 0.455 bits per heavy atom. The van der Waals surface area contributed by atoms with Crippen LogP contribution in [0.25, 0.3) is 0 Å². The van der Waals surface area contributed by atoms with Crippen molar-refractivity contribution in [3.63, 3.8) is 0 Å². The minimum Gasteiger partial charge on any atom is -0.422 e. The second kappa shape index (κ2) is 29.3. The first kappa shape index (κ1) is 104. The Morgan fingerprint density at radius 3 is 0.616 bits per heavy atom. The number of carbonyl (C=O) groups excluding carboxylic acids is 1. The molecule has 14 nitrogen and oxygen atoms in total. The highest BCUT2D eigenvalue weighted by atomic mass is 19.5. The van der Waals surface area contributed by atoms with Gasteiger partial charge >= 0.3 is 182 Å². The quantitative estimate of drug-likeness (QED) is 0.0346. The Morgan fingerprint density at radius 1 is 0.277 bits per heavy atom. The molecule has 0 saturated carbocycles. The third kappa shape index (κ3) is 18.1. The van der Waals surface area contributed by atoms with Crippen LogP contribution in [-0.2, 0) is 58.0 Å². The number of rotatable bonds is 33. The van der Waals surface area contributed by atoms with Gasteiger partial charge in [-0.2, -0.15) is 259 Å². The van der Waals surface area contributed by atoms with Crippen LogP contribution in [-0.4, -0.2) is 194 Å². The van der Waals surface area contributed by atoms with Gasteiger partial charge in [0.1, 0.15) is 0 Å². The lowest BCUT2D eigenvalue weighted by atomic mass is 9.79. The first-order valence-electron chi connectivity index (χ1n) is 24.3. The van der Waals surface area contributed by atoms with Crippen LogP contribution in [0.3, 0.4) is 0 Å². The van der Waals surface area contributed by atoms with Gasteiger partial charge < -0.3 is 10.8 Å². The Bertz CT molecular complexity index is 3380. The third-order valence-corrected chi connectivity index (χ3v) is 11.6. The van der Waals surface area contributed by atoms with Gasteiger partial charge in [0.2, 0.25) is 5.91 Å². The summed E-state index contributed by atoms with van der Waals surface area (Å²) < 4.78 is 846. The van der Waals surface area contributed by atoms with Crippen LogP contribution < -0.4 is 16.7 Å². The maximum atomic E-state index is 15.5. The molecule has 0 saturated heterocycles. The normalized spacial score (nSPS) is 20.2. The van der Waals surface area contributed by atoms with E-state index in [-0.39, 0.29) is 0 Å². The van der Waals surface area contributed by atoms with E-state index in [4.69, 9.17) is 5.73 Å². The smallest absolute Gasteiger partial charge is 0.422 e. The number of ether oxygens (including phenoxy) is 9. The molecule has 0 fully saturated rings. The maximum Gasteiger partial charge on any atom is 0.514 e. The van der Waals surface area contributed by atoms with Gasteiger partial charge in [-0.25, -0.2) is 5.48 Å². The van der Waals surface area contributed by atoms with E-state index in [1.165, 1.54) is 5.48 Å². The van der Waals surface area contributed by atoms with Gasteiger partial charge in [0, 0.05) is 18.5 Å². The topological polar surface area (TPSA) is 168 Å². The fraction of sp³-hybridized carbons (Fsp3) is 0.816. The van der Waals surface area contributed by atoms with Crippen molar-refractivity contribution in [2.45, 2.75) is 182 Å². The lowest BCUT2D eigenvalue weighted by molar-refractivity contribution is -0.612. The van der Waals surface area contributed by atoms with Gasteiger partial charge in [0.05, 0.1) is 0 Å².